The van der Waals surface area contributed by atoms with E-state index in [0.29, 0.717) is 0 Å². The van der Waals surface area contributed by atoms with Crippen LogP contribution in [0.2, 0.25) is 0 Å². The number of nitrogens with one attached hydrogen (secondary N) is 1. The van der Waals surface area contributed by atoms with Crippen molar-refractivity contribution in [2.45, 2.75) is 11.8 Å². The first-order valence-corrected chi connectivity index (χ1v) is 7.65. The predicted molar refractivity (Wildman–Crippen MR) is 80.5 cm³/mol. The van der Waals surface area contributed by atoms with Crippen LogP contribution in [0.4, 0.5) is 11.4 Å². The first kappa shape index (κ1) is 15.6. The second kappa shape index (κ2) is 5.94. The van der Waals surface area contributed by atoms with Gasteiger partial charge in [0.2, 0.25) is 0 Å². The summed E-state index contributed by atoms with van der Waals surface area (Å²) in [6, 6.07) is 9.81. The van der Waals surface area contributed by atoms with Gasteiger partial charge in [0.1, 0.15) is 5.56 Å². The molecule has 1 N–H and O–H groups in total. The van der Waals surface area contributed by atoms with Gasteiger partial charge in [-0.05, 0) is 25.1 Å². The van der Waals surface area contributed by atoms with Crippen LogP contribution in [0, 0.1) is 17.0 Å². The summed E-state index contributed by atoms with van der Waals surface area (Å²) in [5.41, 5.74) is -0.0186. The van der Waals surface area contributed by atoms with Crippen molar-refractivity contribution in [2.24, 2.45) is 0 Å². The molecule has 22 heavy (non-hydrogen) atoms. The lowest BCUT2D eigenvalue weighted by Gasteiger charge is -2.10. The minimum atomic E-state index is -3.94. The average molecular weight is 320 g/mol. The molecule has 2 rings (SSSR count). The number of rotatable bonds is 5. The summed E-state index contributed by atoms with van der Waals surface area (Å²) in [6.07, 6.45) is 0.255. The summed E-state index contributed by atoms with van der Waals surface area (Å²) >= 11 is 0. The number of nitro groups is 1. The molecule has 0 aromatic heterocycles. The van der Waals surface area contributed by atoms with Crippen molar-refractivity contribution in [3.8, 4) is 0 Å². The van der Waals surface area contributed by atoms with E-state index in [-0.39, 0.29) is 22.4 Å². The summed E-state index contributed by atoms with van der Waals surface area (Å²) in [6.45, 7) is 1.81. The van der Waals surface area contributed by atoms with Crippen LogP contribution in [-0.4, -0.2) is 19.6 Å². The SMILES string of the molecule is Cc1ccc(S(=O)(=O)Nc2cccc([N+](=O)[O-])c2C=O)cc1. The molecule has 8 heteroatoms. The highest BCUT2D eigenvalue weighted by Gasteiger charge is 2.21. The molecule has 0 saturated heterocycles. The van der Waals surface area contributed by atoms with Gasteiger partial charge >= 0.3 is 0 Å². The minimum absolute atomic E-state index is 0.00135. The molecule has 114 valence electrons. The third-order valence-corrected chi connectivity index (χ3v) is 4.35. The molecule has 0 bridgehead atoms. The zero-order valence-electron chi connectivity index (χ0n) is 11.5. The molecule has 0 fully saturated rings. The molecule has 0 aliphatic rings. The van der Waals surface area contributed by atoms with Gasteiger partial charge in [0, 0.05) is 6.07 Å². The largest absolute Gasteiger partial charge is 0.298 e. The van der Waals surface area contributed by atoms with Gasteiger partial charge in [-0.3, -0.25) is 19.6 Å². The normalized spacial score (nSPS) is 11.0. The van der Waals surface area contributed by atoms with Crippen LogP contribution in [0.1, 0.15) is 15.9 Å². The van der Waals surface area contributed by atoms with Gasteiger partial charge in [-0.25, -0.2) is 8.42 Å². The van der Waals surface area contributed by atoms with E-state index in [9.17, 15) is 23.3 Å². The van der Waals surface area contributed by atoms with Crippen molar-refractivity contribution in [2.75, 3.05) is 4.72 Å². The molecule has 0 atom stereocenters. The van der Waals surface area contributed by atoms with Gasteiger partial charge < -0.3 is 0 Å². The Hall–Kier alpha value is -2.74. The van der Waals surface area contributed by atoms with E-state index in [0.717, 1.165) is 11.6 Å². The molecular weight excluding hydrogens is 308 g/mol. The topological polar surface area (TPSA) is 106 Å². The maximum absolute atomic E-state index is 12.3. The van der Waals surface area contributed by atoms with Crippen molar-refractivity contribution in [3.05, 3.63) is 63.7 Å². The van der Waals surface area contributed by atoms with Gasteiger partial charge in [-0.2, -0.15) is 0 Å². The number of benzene rings is 2. The summed E-state index contributed by atoms with van der Waals surface area (Å²) in [7, 11) is -3.94. The number of sulfonamides is 1. The van der Waals surface area contributed by atoms with Crippen molar-refractivity contribution in [1.29, 1.82) is 0 Å². The van der Waals surface area contributed by atoms with Crippen molar-refractivity contribution in [3.63, 3.8) is 0 Å². The molecule has 0 aliphatic heterocycles. The van der Waals surface area contributed by atoms with Crippen LogP contribution >= 0.6 is 0 Å². The maximum Gasteiger partial charge on any atom is 0.282 e. The van der Waals surface area contributed by atoms with Crippen molar-refractivity contribution < 1.29 is 18.1 Å². The lowest BCUT2D eigenvalue weighted by Crippen LogP contribution is -2.14. The van der Waals surface area contributed by atoms with Crippen molar-refractivity contribution in [1.82, 2.24) is 0 Å². The highest BCUT2D eigenvalue weighted by Crippen LogP contribution is 2.26. The predicted octanol–water partition coefficient (Wildman–Crippen LogP) is 2.52. The van der Waals surface area contributed by atoms with Crippen LogP contribution < -0.4 is 4.72 Å². The summed E-state index contributed by atoms with van der Waals surface area (Å²) < 4.78 is 26.7. The zero-order chi connectivity index (χ0) is 16.3. The molecule has 0 radical (unpaired) electrons. The molecule has 0 spiro atoms. The van der Waals surface area contributed by atoms with Crippen molar-refractivity contribution >= 4 is 27.7 Å². The van der Waals surface area contributed by atoms with Crippen LogP contribution in [0.25, 0.3) is 0 Å². The van der Waals surface area contributed by atoms with E-state index in [2.05, 4.69) is 4.72 Å². The second-order valence-corrected chi connectivity index (χ2v) is 6.21. The quantitative estimate of drug-likeness (QED) is 0.517. The monoisotopic (exact) mass is 320 g/mol. The van der Waals surface area contributed by atoms with E-state index in [1.54, 1.807) is 12.1 Å². The second-order valence-electron chi connectivity index (χ2n) is 4.53. The molecule has 2 aromatic carbocycles. The minimum Gasteiger partial charge on any atom is -0.298 e. The van der Waals surface area contributed by atoms with Gasteiger partial charge in [0.15, 0.2) is 6.29 Å². The Balaban J connectivity index is 2.46. The Labute approximate surface area is 126 Å². The first-order valence-electron chi connectivity index (χ1n) is 6.17. The third-order valence-electron chi connectivity index (χ3n) is 2.97. The number of hydrogen-bond acceptors (Lipinski definition) is 5. The van der Waals surface area contributed by atoms with E-state index in [1.807, 2.05) is 6.92 Å². The molecule has 0 saturated carbocycles. The first-order chi connectivity index (χ1) is 10.3. The van der Waals surface area contributed by atoms with Crippen LogP contribution in [-0.2, 0) is 10.0 Å². The van der Waals surface area contributed by atoms with Gasteiger partial charge in [-0.15, -0.1) is 0 Å². The highest BCUT2D eigenvalue weighted by atomic mass is 32.2. The van der Waals surface area contributed by atoms with Gasteiger partial charge in [0.05, 0.1) is 15.5 Å². The lowest BCUT2D eigenvalue weighted by atomic mass is 10.1. The highest BCUT2D eigenvalue weighted by molar-refractivity contribution is 7.92. The zero-order valence-corrected chi connectivity index (χ0v) is 12.3. The van der Waals surface area contributed by atoms with Crippen LogP contribution in [0.5, 0.6) is 0 Å². The fourth-order valence-electron chi connectivity index (χ4n) is 1.85. The smallest absolute Gasteiger partial charge is 0.282 e. The number of hydrogen-bond donors (Lipinski definition) is 1. The fourth-order valence-corrected chi connectivity index (χ4v) is 2.93. The number of anilines is 1. The Morgan fingerprint density at radius 3 is 2.32 bits per heavy atom. The number of carbonyl (C=O) groups excluding carboxylic acids is 1. The van der Waals surface area contributed by atoms with E-state index < -0.39 is 20.6 Å². The number of nitro benzene ring substituents is 1. The Bertz CT molecular complexity index is 829. The maximum atomic E-state index is 12.3. The molecule has 7 nitrogen and oxygen atoms in total. The Morgan fingerprint density at radius 1 is 1.14 bits per heavy atom. The van der Waals surface area contributed by atoms with Gasteiger partial charge in [-0.1, -0.05) is 23.8 Å². The van der Waals surface area contributed by atoms with Crippen LogP contribution in [0.15, 0.2) is 47.4 Å². The number of nitrogens with zero attached hydrogens (tertiary/aromatic N) is 1. The third kappa shape index (κ3) is 3.12. The Morgan fingerprint density at radius 2 is 1.77 bits per heavy atom. The Kier molecular flexibility index (Phi) is 4.22. The number of aryl methyl sites for hydroxylation is 1. The summed E-state index contributed by atoms with van der Waals surface area (Å²) in [5, 5.41) is 10.9. The molecular formula is C14H12N2O5S. The fraction of sp³-hybridized carbons (Fsp3) is 0.0714. The average Bonchev–Trinajstić information content (AvgIpc) is 2.47. The summed E-state index contributed by atoms with van der Waals surface area (Å²) in [4.78, 5) is 21.2. The molecule has 0 aliphatic carbocycles. The van der Waals surface area contributed by atoms with E-state index in [1.165, 1.54) is 24.3 Å². The van der Waals surface area contributed by atoms with Gasteiger partial charge in [0.25, 0.3) is 15.7 Å². The lowest BCUT2D eigenvalue weighted by molar-refractivity contribution is -0.385. The standard InChI is InChI=1S/C14H12N2O5S/c1-10-5-7-11(8-6-10)22(20,21)15-13-3-2-4-14(16(18)19)12(13)9-17/h2-9,15H,1H3. The summed E-state index contributed by atoms with van der Waals surface area (Å²) in [5.74, 6) is 0. The molecule has 0 heterocycles. The molecule has 2 aromatic rings. The molecule has 0 unspecified atom stereocenters. The van der Waals surface area contributed by atoms with E-state index >= 15 is 0 Å². The van der Waals surface area contributed by atoms with E-state index in [4.69, 9.17) is 0 Å². The van der Waals surface area contributed by atoms with Crippen LogP contribution in [0.3, 0.4) is 0 Å². The number of carbonyl (C=O) groups is 1. The number of aldehydes is 1. The molecule has 0 amide bonds.